The van der Waals surface area contributed by atoms with Crippen LogP contribution in [0.3, 0.4) is 0 Å². The Hall–Kier alpha value is -1.63. The number of ether oxygens (including phenoxy) is 1. The first-order chi connectivity index (χ1) is 17.8. The molecular weight excluding hydrogens is 570 g/mol. The zero-order valence-corrected chi connectivity index (χ0v) is 23.5. The molecule has 0 heterocycles. The zero-order valence-electron chi connectivity index (χ0n) is 21.8. The molecule has 0 aliphatic heterocycles. The first-order valence-electron chi connectivity index (χ1n) is 12.8. The Bertz CT molecular complexity index is 1140. The second-order valence-electron chi connectivity index (χ2n) is 11.8. The summed E-state index contributed by atoms with van der Waals surface area (Å²) in [6.45, 7) is 3.49. The van der Waals surface area contributed by atoms with E-state index in [1.54, 1.807) is 0 Å². The number of thioether (sulfide) groups is 1. The van der Waals surface area contributed by atoms with Crippen LogP contribution in [0, 0.1) is 23.2 Å². The normalized spacial score (nSPS) is 27.5. The molecule has 0 saturated heterocycles. The minimum atomic E-state index is -6.46. The van der Waals surface area contributed by atoms with Gasteiger partial charge in [0.15, 0.2) is 0 Å². The third-order valence-electron chi connectivity index (χ3n) is 8.52. The molecule has 39 heavy (non-hydrogen) atoms. The summed E-state index contributed by atoms with van der Waals surface area (Å²) in [5, 5.41) is -6.18. The quantitative estimate of drug-likeness (QED) is 0.115. The van der Waals surface area contributed by atoms with E-state index in [2.05, 4.69) is 4.18 Å². The van der Waals surface area contributed by atoms with Gasteiger partial charge in [0, 0.05) is 23.0 Å². The summed E-state index contributed by atoms with van der Waals surface area (Å²) in [5.74, 6) is -10.2. The van der Waals surface area contributed by atoms with E-state index in [4.69, 9.17) is 4.74 Å². The van der Waals surface area contributed by atoms with Crippen molar-refractivity contribution in [1.82, 2.24) is 0 Å². The monoisotopic (exact) mass is 602 g/mol. The van der Waals surface area contributed by atoms with E-state index in [9.17, 15) is 39.6 Å². The van der Waals surface area contributed by atoms with Gasteiger partial charge < -0.3 is 8.92 Å². The third kappa shape index (κ3) is 5.63. The molecule has 1 aromatic carbocycles. The fraction of sp³-hybridized carbons (Fsp3) is 0.731. The van der Waals surface area contributed by atoms with Crippen molar-refractivity contribution >= 4 is 27.8 Å². The number of halogens is 6. The standard InChI is InChI=1S/C26H32F6O5S2/c1-22(2,24-13-16-10-17(14-24)12-18(11-16)15-24)36-21(33)8-9-38-20-6-4-19(5-7-20)37-39(34,35)26(31,32)25(29,30)23(3,27)28/h4-7,16-18H,8-15H2,1-3H3. The van der Waals surface area contributed by atoms with Gasteiger partial charge in [-0.2, -0.15) is 34.8 Å². The van der Waals surface area contributed by atoms with Crippen molar-refractivity contribution in [1.29, 1.82) is 0 Å². The first-order valence-corrected chi connectivity index (χ1v) is 15.2. The lowest BCUT2D eigenvalue weighted by Crippen LogP contribution is -2.57. The molecule has 0 aromatic heterocycles. The van der Waals surface area contributed by atoms with Crippen molar-refractivity contribution in [2.75, 3.05) is 5.75 Å². The largest absolute Gasteiger partial charge is 0.459 e. The van der Waals surface area contributed by atoms with E-state index in [-0.39, 0.29) is 17.8 Å². The average Bonchev–Trinajstić information content (AvgIpc) is 2.77. The lowest BCUT2D eigenvalue weighted by atomic mass is 9.46. The summed E-state index contributed by atoms with van der Waals surface area (Å²) < 4.78 is 114. The zero-order chi connectivity index (χ0) is 29.1. The van der Waals surface area contributed by atoms with Crippen molar-refractivity contribution in [3.63, 3.8) is 0 Å². The molecule has 1 aromatic rings. The molecule has 0 unspecified atom stereocenters. The van der Waals surface area contributed by atoms with E-state index in [1.165, 1.54) is 43.2 Å². The molecular formula is C26H32F6O5S2. The van der Waals surface area contributed by atoms with Crippen molar-refractivity contribution in [2.45, 2.75) is 93.3 Å². The SMILES string of the molecule is CC(F)(F)C(F)(F)C(F)(F)S(=O)(=O)Oc1ccc(SCCC(=O)OC(C)(C)C23CC4CC(CC(C4)C2)C3)cc1. The van der Waals surface area contributed by atoms with Gasteiger partial charge in [-0.3, -0.25) is 4.79 Å². The topological polar surface area (TPSA) is 69.7 Å². The Morgan fingerprint density at radius 2 is 1.41 bits per heavy atom. The smallest absolute Gasteiger partial charge is 0.449 e. The molecule has 5 rings (SSSR count). The van der Waals surface area contributed by atoms with Gasteiger partial charge in [-0.15, -0.1) is 11.8 Å². The fourth-order valence-corrected chi connectivity index (χ4v) is 8.52. The van der Waals surface area contributed by atoms with Crippen LogP contribution < -0.4 is 4.18 Å². The first kappa shape index (κ1) is 30.3. The maximum absolute atomic E-state index is 13.8. The summed E-state index contributed by atoms with van der Waals surface area (Å²) in [6.07, 6.45) is 7.19. The van der Waals surface area contributed by atoms with Crippen molar-refractivity contribution < 1.29 is 48.5 Å². The number of hydrogen-bond acceptors (Lipinski definition) is 6. The lowest BCUT2D eigenvalue weighted by Gasteiger charge is -2.61. The molecule has 0 radical (unpaired) electrons. The fourth-order valence-electron chi connectivity index (χ4n) is 6.73. The molecule has 0 N–H and O–H groups in total. The van der Waals surface area contributed by atoms with E-state index in [0.29, 0.717) is 28.4 Å². The molecule has 0 atom stereocenters. The van der Waals surface area contributed by atoms with Crippen molar-refractivity contribution in [3.8, 4) is 5.75 Å². The molecule has 4 aliphatic carbocycles. The van der Waals surface area contributed by atoms with Gasteiger partial charge in [-0.1, -0.05) is 0 Å². The van der Waals surface area contributed by atoms with E-state index >= 15 is 0 Å². The summed E-state index contributed by atoms with van der Waals surface area (Å²) in [4.78, 5) is 13.2. The van der Waals surface area contributed by atoms with Gasteiger partial charge in [0.05, 0.1) is 6.42 Å². The highest BCUT2D eigenvalue weighted by Gasteiger charge is 2.77. The van der Waals surface area contributed by atoms with E-state index in [0.717, 1.165) is 31.4 Å². The maximum Gasteiger partial charge on any atom is 0.449 e. The number of alkyl halides is 6. The summed E-state index contributed by atoms with van der Waals surface area (Å²) in [7, 11) is -6.46. The molecule has 220 valence electrons. The summed E-state index contributed by atoms with van der Waals surface area (Å²) in [6, 6.07) is 4.38. The van der Waals surface area contributed by atoms with Gasteiger partial charge in [0.1, 0.15) is 11.4 Å². The molecule has 4 fully saturated rings. The second-order valence-corrected chi connectivity index (χ2v) is 14.5. The van der Waals surface area contributed by atoms with Crippen molar-refractivity contribution in [3.05, 3.63) is 24.3 Å². The van der Waals surface area contributed by atoms with Gasteiger partial charge in [-0.05, 0) is 94.4 Å². The van der Waals surface area contributed by atoms with E-state index in [1.807, 2.05) is 13.8 Å². The molecule has 4 saturated carbocycles. The van der Waals surface area contributed by atoms with Crippen LogP contribution in [0.1, 0.15) is 65.7 Å². The summed E-state index contributed by atoms with van der Waals surface area (Å²) >= 11 is 1.20. The van der Waals surface area contributed by atoms with Crippen LogP contribution in [-0.2, 0) is 19.6 Å². The Morgan fingerprint density at radius 3 is 1.87 bits per heavy atom. The van der Waals surface area contributed by atoms with Gasteiger partial charge >= 0.3 is 33.2 Å². The Balaban J connectivity index is 1.29. The molecule has 13 heteroatoms. The highest BCUT2D eigenvalue weighted by molar-refractivity contribution is 7.99. The number of rotatable bonds is 11. The van der Waals surface area contributed by atoms with Crippen LogP contribution in [0.25, 0.3) is 0 Å². The van der Waals surface area contributed by atoms with Gasteiger partial charge in [0.2, 0.25) is 0 Å². The Morgan fingerprint density at radius 1 is 0.923 bits per heavy atom. The highest BCUT2D eigenvalue weighted by Crippen LogP contribution is 2.64. The summed E-state index contributed by atoms with van der Waals surface area (Å²) in [5.41, 5.74) is -0.579. The number of carbonyl (C=O) groups excluding carboxylic acids is 1. The van der Waals surface area contributed by atoms with Crippen LogP contribution in [0.15, 0.2) is 29.2 Å². The predicted molar refractivity (Wildman–Crippen MR) is 133 cm³/mol. The van der Waals surface area contributed by atoms with Gasteiger partial charge in [-0.25, -0.2) is 0 Å². The molecule has 0 amide bonds. The Labute approximate surface area is 228 Å². The number of hydrogen-bond donors (Lipinski definition) is 0. The molecule has 4 aliphatic rings. The highest BCUT2D eigenvalue weighted by atomic mass is 32.2. The van der Waals surface area contributed by atoms with Crippen LogP contribution in [0.4, 0.5) is 26.3 Å². The molecule has 5 nitrogen and oxygen atoms in total. The maximum atomic E-state index is 13.8. The van der Waals surface area contributed by atoms with E-state index < -0.39 is 45.5 Å². The number of esters is 1. The van der Waals surface area contributed by atoms with Crippen molar-refractivity contribution in [2.24, 2.45) is 23.2 Å². The minimum absolute atomic E-state index is 0.00845. The molecule has 4 bridgehead atoms. The van der Waals surface area contributed by atoms with Crippen LogP contribution in [0.5, 0.6) is 5.75 Å². The average molecular weight is 603 g/mol. The van der Waals surface area contributed by atoms with Crippen LogP contribution in [0.2, 0.25) is 0 Å². The molecule has 0 spiro atoms. The number of benzene rings is 1. The van der Waals surface area contributed by atoms with Crippen LogP contribution >= 0.6 is 11.8 Å². The number of carbonyl (C=O) groups is 1. The third-order valence-corrected chi connectivity index (χ3v) is 10.8. The van der Waals surface area contributed by atoms with Gasteiger partial charge in [0.25, 0.3) is 0 Å². The lowest BCUT2D eigenvalue weighted by molar-refractivity contribution is -0.272. The predicted octanol–water partition coefficient (Wildman–Crippen LogP) is 7.30. The second kappa shape index (κ2) is 10.0. The Kier molecular flexibility index (Phi) is 7.80. The van der Waals surface area contributed by atoms with Crippen LogP contribution in [-0.4, -0.2) is 42.8 Å². The minimum Gasteiger partial charge on any atom is -0.459 e.